The molecule has 0 radical (unpaired) electrons. The summed E-state index contributed by atoms with van der Waals surface area (Å²) in [6.45, 7) is 1.16. The van der Waals surface area contributed by atoms with E-state index in [2.05, 4.69) is 20.7 Å². The number of urea groups is 1. The van der Waals surface area contributed by atoms with Crippen molar-refractivity contribution in [3.63, 3.8) is 0 Å². The summed E-state index contributed by atoms with van der Waals surface area (Å²) in [7, 11) is 1.89. The predicted octanol–water partition coefficient (Wildman–Crippen LogP) is 2.64. The number of hydrogen-bond acceptors (Lipinski definition) is 2. The first-order chi connectivity index (χ1) is 11.6. The third kappa shape index (κ3) is 3.89. The lowest BCUT2D eigenvalue weighted by molar-refractivity contribution is 0.241. The van der Waals surface area contributed by atoms with Gasteiger partial charge in [0, 0.05) is 60.6 Å². The highest BCUT2D eigenvalue weighted by molar-refractivity contribution is 6.31. The molecule has 0 bridgehead atoms. The molecule has 6 nitrogen and oxygen atoms in total. The first-order valence-corrected chi connectivity index (χ1v) is 8.25. The minimum atomic E-state index is -0.153. The SMILES string of the molecule is Cn1nccc1CCNC(=O)NCCc1c[nH]c2cc(Cl)ccc12. The summed E-state index contributed by atoms with van der Waals surface area (Å²) in [5.41, 5.74) is 3.27. The summed E-state index contributed by atoms with van der Waals surface area (Å²) >= 11 is 5.98. The van der Waals surface area contributed by atoms with E-state index in [0.717, 1.165) is 35.0 Å². The van der Waals surface area contributed by atoms with Crippen LogP contribution in [0.3, 0.4) is 0 Å². The molecule has 0 spiro atoms. The van der Waals surface area contributed by atoms with E-state index in [-0.39, 0.29) is 6.03 Å². The average molecular weight is 346 g/mol. The number of aromatic amines is 1. The Morgan fingerprint density at radius 2 is 2.04 bits per heavy atom. The van der Waals surface area contributed by atoms with Crippen LogP contribution in [0.15, 0.2) is 36.7 Å². The van der Waals surface area contributed by atoms with E-state index >= 15 is 0 Å². The molecule has 24 heavy (non-hydrogen) atoms. The maximum Gasteiger partial charge on any atom is 0.314 e. The number of carbonyl (C=O) groups excluding carboxylic acids is 1. The second-order valence-electron chi connectivity index (χ2n) is 5.63. The lowest BCUT2D eigenvalue weighted by Crippen LogP contribution is -2.37. The number of fused-ring (bicyclic) bond motifs is 1. The lowest BCUT2D eigenvalue weighted by atomic mass is 10.1. The molecule has 0 aliphatic carbocycles. The van der Waals surface area contributed by atoms with Crippen LogP contribution < -0.4 is 10.6 Å². The maximum atomic E-state index is 11.8. The molecule has 3 rings (SSSR count). The maximum absolute atomic E-state index is 11.8. The molecular formula is C17H20ClN5O. The lowest BCUT2D eigenvalue weighted by Gasteiger charge is -2.07. The molecule has 126 valence electrons. The van der Waals surface area contributed by atoms with Crippen molar-refractivity contribution >= 4 is 28.5 Å². The molecule has 0 saturated heterocycles. The van der Waals surface area contributed by atoms with Crippen molar-refractivity contribution < 1.29 is 4.79 Å². The predicted molar refractivity (Wildman–Crippen MR) is 95.3 cm³/mol. The number of nitrogens with one attached hydrogen (secondary N) is 3. The smallest absolute Gasteiger partial charge is 0.314 e. The van der Waals surface area contributed by atoms with Crippen LogP contribution in [-0.2, 0) is 19.9 Å². The molecular weight excluding hydrogens is 326 g/mol. The fourth-order valence-electron chi connectivity index (χ4n) is 2.69. The number of aromatic nitrogens is 3. The summed E-state index contributed by atoms with van der Waals surface area (Å²) in [4.78, 5) is 15.0. The number of carbonyl (C=O) groups is 1. The molecule has 0 fully saturated rings. The van der Waals surface area contributed by atoms with Crippen LogP contribution in [0.4, 0.5) is 4.79 Å². The Kier molecular flexibility index (Phi) is 5.05. The van der Waals surface area contributed by atoms with Gasteiger partial charge in [0.25, 0.3) is 0 Å². The summed E-state index contributed by atoms with van der Waals surface area (Å²) < 4.78 is 1.81. The molecule has 3 N–H and O–H groups in total. The molecule has 0 atom stereocenters. The third-order valence-corrected chi connectivity index (χ3v) is 4.23. The molecule has 3 aromatic rings. The zero-order valence-corrected chi connectivity index (χ0v) is 14.2. The molecule has 0 unspecified atom stereocenters. The minimum absolute atomic E-state index is 0.153. The number of aryl methyl sites for hydroxylation is 1. The van der Waals surface area contributed by atoms with Gasteiger partial charge in [-0.15, -0.1) is 0 Å². The van der Waals surface area contributed by atoms with Gasteiger partial charge in [-0.1, -0.05) is 17.7 Å². The second-order valence-corrected chi connectivity index (χ2v) is 6.07. The molecule has 0 aliphatic rings. The Balaban J connectivity index is 1.42. The average Bonchev–Trinajstić information content (AvgIpc) is 3.14. The topological polar surface area (TPSA) is 74.7 Å². The van der Waals surface area contributed by atoms with Crippen molar-refractivity contribution in [1.82, 2.24) is 25.4 Å². The summed E-state index contributed by atoms with van der Waals surface area (Å²) in [5.74, 6) is 0. The Hall–Kier alpha value is -2.47. The number of H-pyrrole nitrogens is 1. The van der Waals surface area contributed by atoms with E-state index in [1.54, 1.807) is 6.20 Å². The number of halogens is 1. The molecule has 2 heterocycles. The van der Waals surface area contributed by atoms with Gasteiger partial charge >= 0.3 is 6.03 Å². The Bertz CT molecular complexity index is 838. The normalized spacial score (nSPS) is 10.9. The summed E-state index contributed by atoms with van der Waals surface area (Å²) in [6, 6.07) is 7.57. The van der Waals surface area contributed by atoms with Gasteiger partial charge in [-0.2, -0.15) is 5.10 Å². The van der Waals surface area contributed by atoms with Gasteiger partial charge in [0.1, 0.15) is 0 Å². The van der Waals surface area contributed by atoms with Crippen LogP contribution in [0.2, 0.25) is 5.02 Å². The van der Waals surface area contributed by atoms with Crippen LogP contribution >= 0.6 is 11.6 Å². The van der Waals surface area contributed by atoms with Gasteiger partial charge in [0.15, 0.2) is 0 Å². The largest absolute Gasteiger partial charge is 0.361 e. The molecule has 0 aliphatic heterocycles. The van der Waals surface area contributed by atoms with E-state index in [9.17, 15) is 4.79 Å². The van der Waals surface area contributed by atoms with Crippen molar-refractivity contribution in [1.29, 1.82) is 0 Å². The number of hydrogen-bond donors (Lipinski definition) is 3. The van der Waals surface area contributed by atoms with Crippen LogP contribution in [0.5, 0.6) is 0 Å². The van der Waals surface area contributed by atoms with Gasteiger partial charge < -0.3 is 15.6 Å². The second kappa shape index (κ2) is 7.40. The van der Waals surface area contributed by atoms with Crippen LogP contribution in [0.25, 0.3) is 10.9 Å². The number of nitrogens with zero attached hydrogens (tertiary/aromatic N) is 2. The van der Waals surface area contributed by atoms with E-state index in [4.69, 9.17) is 11.6 Å². The molecule has 1 aromatic carbocycles. The fraction of sp³-hybridized carbons (Fsp3) is 0.294. The van der Waals surface area contributed by atoms with Crippen molar-refractivity contribution in [3.8, 4) is 0 Å². The van der Waals surface area contributed by atoms with Crippen molar-refractivity contribution in [2.75, 3.05) is 13.1 Å². The third-order valence-electron chi connectivity index (χ3n) is 4.00. The first-order valence-electron chi connectivity index (χ1n) is 7.87. The van der Waals surface area contributed by atoms with Gasteiger partial charge in [-0.25, -0.2) is 4.79 Å². The van der Waals surface area contributed by atoms with Crippen LogP contribution in [0, 0.1) is 0 Å². The van der Waals surface area contributed by atoms with Crippen molar-refractivity contribution in [2.24, 2.45) is 7.05 Å². The van der Waals surface area contributed by atoms with E-state index in [1.807, 2.05) is 42.2 Å². The van der Waals surface area contributed by atoms with Gasteiger partial charge in [-0.05, 0) is 30.2 Å². The standard InChI is InChI=1S/C17H20ClN5O/c1-23-14(6-9-22-23)5-8-20-17(24)19-7-4-12-11-21-16-10-13(18)2-3-15(12)16/h2-3,6,9-11,21H,4-5,7-8H2,1H3,(H2,19,20,24). The highest BCUT2D eigenvalue weighted by atomic mass is 35.5. The van der Waals surface area contributed by atoms with E-state index in [0.29, 0.717) is 18.1 Å². The van der Waals surface area contributed by atoms with Crippen LogP contribution in [0.1, 0.15) is 11.3 Å². The summed E-state index contributed by atoms with van der Waals surface area (Å²) in [6.07, 6.45) is 5.23. The first kappa shape index (κ1) is 16.4. The number of benzene rings is 1. The van der Waals surface area contributed by atoms with Gasteiger partial charge in [0.05, 0.1) is 0 Å². The summed E-state index contributed by atoms with van der Waals surface area (Å²) in [5, 5.41) is 11.7. The number of rotatable bonds is 6. The minimum Gasteiger partial charge on any atom is -0.361 e. The van der Waals surface area contributed by atoms with Gasteiger partial charge in [-0.3, -0.25) is 4.68 Å². The highest BCUT2D eigenvalue weighted by Crippen LogP contribution is 2.22. The molecule has 7 heteroatoms. The molecule has 2 aromatic heterocycles. The highest BCUT2D eigenvalue weighted by Gasteiger charge is 2.06. The number of amides is 2. The Labute approximate surface area is 145 Å². The molecule has 0 saturated carbocycles. The quantitative estimate of drug-likeness (QED) is 0.642. The zero-order chi connectivity index (χ0) is 16.9. The Morgan fingerprint density at radius 3 is 2.79 bits per heavy atom. The fourth-order valence-corrected chi connectivity index (χ4v) is 2.86. The van der Waals surface area contributed by atoms with Crippen molar-refractivity contribution in [3.05, 3.63) is 52.9 Å². The monoisotopic (exact) mass is 345 g/mol. The van der Waals surface area contributed by atoms with E-state index in [1.165, 1.54) is 0 Å². The van der Waals surface area contributed by atoms with Gasteiger partial charge in [0.2, 0.25) is 0 Å². The Morgan fingerprint density at radius 1 is 1.25 bits per heavy atom. The molecule has 2 amide bonds. The zero-order valence-electron chi connectivity index (χ0n) is 13.5. The van der Waals surface area contributed by atoms with Crippen molar-refractivity contribution in [2.45, 2.75) is 12.8 Å². The van der Waals surface area contributed by atoms with Crippen LogP contribution in [-0.4, -0.2) is 33.9 Å². The van der Waals surface area contributed by atoms with E-state index < -0.39 is 0 Å².